The summed E-state index contributed by atoms with van der Waals surface area (Å²) < 4.78 is 27.3. The van der Waals surface area contributed by atoms with Crippen LogP contribution >= 0.6 is 0 Å². The molecule has 0 aliphatic carbocycles. The van der Waals surface area contributed by atoms with Crippen molar-refractivity contribution in [1.82, 2.24) is 44.5 Å². The number of unbranched alkanes of at least 4 members (excludes halogenated alkanes) is 2. The maximum Gasteiger partial charge on any atom is 0.243 e. The van der Waals surface area contributed by atoms with Crippen molar-refractivity contribution in [3.8, 4) is 28.7 Å². The molecule has 5 aromatic rings. The van der Waals surface area contributed by atoms with Crippen molar-refractivity contribution in [2.24, 2.45) is 23.1 Å². The number of fused-ring (bicyclic) bond motifs is 1. The molecule has 0 spiro atoms. The van der Waals surface area contributed by atoms with Crippen LogP contribution in [0.4, 0.5) is 0 Å². The molecule has 99 heavy (non-hydrogen) atoms. The number of likely N-dealkylation sites (N-methyl/N-ethyl adjacent to an activating group) is 1. The van der Waals surface area contributed by atoms with Crippen molar-refractivity contribution >= 4 is 59.5 Å². The zero-order chi connectivity index (χ0) is 72.0. The Balaban J connectivity index is 1.20. The molecule has 5 aromatic carbocycles. The number of carbonyl (C=O) groups excluding carboxylic acids is 10. The van der Waals surface area contributed by atoms with Gasteiger partial charge in [-0.2, -0.15) is 0 Å². The minimum atomic E-state index is -0.775. The second-order valence-corrected chi connectivity index (χ2v) is 24.5. The molecule has 0 bridgehead atoms. The summed E-state index contributed by atoms with van der Waals surface area (Å²) in [5, 5.41) is 3.13. The molecule has 1 aliphatic rings. The fourth-order valence-corrected chi connectivity index (χ4v) is 11.0. The van der Waals surface area contributed by atoms with Gasteiger partial charge in [-0.25, -0.2) is 0 Å². The van der Waals surface area contributed by atoms with Crippen LogP contribution in [0.3, 0.4) is 0 Å². The number of hydrogen-bond donors (Lipinski definition) is 4. The number of primary amides is 1. The summed E-state index contributed by atoms with van der Waals surface area (Å²) in [6.45, 7) is 2.22. The molecule has 1 aliphatic heterocycles. The van der Waals surface area contributed by atoms with Crippen molar-refractivity contribution < 1.29 is 71.6 Å². The predicted molar refractivity (Wildman–Crippen MR) is 369 cm³/mol. The van der Waals surface area contributed by atoms with Crippen LogP contribution in [-0.4, -0.2) is 225 Å². The van der Waals surface area contributed by atoms with Gasteiger partial charge in [0.15, 0.2) is 29.3 Å². The molecule has 1 unspecified atom stereocenters. The highest BCUT2D eigenvalue weighted by Gasteiger charge is 2.33. The second-order valence-electron chi connectivity index (χ2n) is 24.5. The summed E-state index contributed by atoms with van der Waals surface area (Å²) >= 11 is 0. The monoisotopic (exact) mass is 1370 g/mol. The average molecular weight is 1370 g/mol. The number of methoxy groups -OCH3 is 3. The van der Waals surface area contributed by atoms with E-state index in [0.29, 0.717) is 95.1 Å². The molecule has 534 valence electrons. The number of benzene rings is 5. The highest BCUT2D eigenvalue weighted by Crippen LogP contribution is 2.33. The standard InChI is InChI=1S/C72H96N12O15/c1-51(2)37-80(45-71(93)83(38-53-18-10-8-11-19-53)46-70(92)81(41-64(75)86)39-56-24-27-60-63(34-56)99-50-98-60)67(89)42-77(4)66(88)48-84(52(3)57-20-12-9-13-21-57)72(94)47-79(31-17-15-29-74)68(90)43-78(30-16-14-28-73)69(91)44-82(40-55-23-26-59(95-5)62(33-55)97-7)65(87)36-76-35-54-22-25-58(49-85)61(32-54)96-6/h8-13,18-27,32-34,49,51-52,76H,14-17,28-31,35-48,50,73-74H2,1-7H3,(H2,75,86). The van der Waals surface area contributed by atoms with Crippen LogP contribution in [0.1, 0.15) is 90.7 Å². The third-order valence-corrected chi connectivity index (χ3v) is 16.5. The quantitative estimate of drug-likeness (QED) is 0.0320. The Morgan fingerprint density at radius 1 is 0.495 bits per heavy atom. The third-order valence-electron chi connectivity index (χ3n) is 16.5. The van der Waals surface area contributed by atoms with E-state index in [2.05, 4.69) is 5.32 Å². The third kappa shape index (κ3) is 24.4. The zero-order valence-electron chi connectivity index (χ0n) is 57.9. The molecule has 6 rings (SSSR count). The number of amides is 9. The van der Waals surface area contributed by atoms with Gasteiger partial charge in [0.05, 0.1) is 72.2 Å². The van der Waals surface area contributed by atoms with Crippen LogP contribution < -0.4 is 46.2 Å². The number of rotatable bonds is 42. The lowest BCUT2D eigenvalue weighted by Gasteiger charge is -2.34. The van der Waals surface area contributed by atoms with Crippen molar-refractivity contribution in [2.75, 3.05) is 127 Å². The van der Waals surface area contributed by atoms with Crippen molar-refractivity contribution in [2.45, 2.75) is 78.7 Å². The van der Waals surface area contributed by atoms with Crippen LogP contribution in [0, 0.1) is 5.92 Å². The largest absolute Gasteiger partial charge is 0.496 e. The maximum atomic E-state index is 15.1. The maximum absolute atomic E-state index is 15.1. The molecule has 0 fully saturated rings. The lowest BCUT2D eigenvalue weighted by atomic mass is 10.1. The van der Waals surface area contributed by atoms with Gasteiger partial charge in [-0.05, 0) is 116 Å². The first-order valence-electron chi connectivity index (χ1n) is 33.0. The molecule has 0 saturated carbocycles. The first-order chi connectivity index (χ1) is 47.6. The SMILES string of the molecule is COc1cc(CNCC(=O)N(CC(=O)N(CCCCN)CC(=O)N(CCCCN)CC(=O)N(CC(=O)N(C)CC(=O)N(CC(=O)N(CC(=O)N(CC(N)=O)Cc2ccc3c(c2)OCO3)Cc2ccccc2)CC(C)C)C(C)c2ccccc2)Cc2ccc(OC)c(OC)c2)ccc1C=O. The van der Waals surface area contributed by atoms with Crippen LogP contribution in [-0.2, 0) is 69.3 Å². The van der Waals surface area contributed by atoms with E-state index < -0.39 is 112 Å². The van der Waals surface area contributed by atoms with E-state index in [1.165, 1.54) is 62.7 Å². The summed E-state index contributed by atoms with van der Waals surface area (Å²) in [5.74, 6) is -3.37. The van der Waals surface area contributed by atoms with Crippen molar-refractivity contribution in [3.63, 3.8) is 0 Å². The summed E-state index contributed by atoms with van der Waals surface area (Å²) in [6.07, 6.45) is 2.46. The molecule has 9 amide bonds. The lowest BCUT2D eigenvalue weighted by molar-refractivity contribution is -0.149. The molecule has 7 N–H and O–H groups in total. The summed E-state index contributed by atoms with van der Waals surface area (Å²) in [5.41, 5.74) is 21.2. The molecule has 1 heterocycles. The summed E-state index contributed by atoms with van der Waals surface area (Å²) in [6, 6.07) is 32.4. The van der Waals surface area contributed by atoms with E-state index in [1.807, 2.05) is 13.8 Å². The van der Waals surface area contributed by atoms with Gasteiger partial charge in [0, 0.05) is 52.9 Å². The zero-order valence-corrected chi connectivity index (χ0v) is 57.9. The number of nitrogens with zero attached hydrogens (tertiary/aromatic N) is 8. The Bertz CT molecular complexity index is 3530. The molecule has 27 heteroatoms. The van der Waals surface area contributed by atoms with Crippen LogP contribution in [0.15, 0.2) is 115 Å². The number of nitrogens with one attached hydrogen (secondary N) is 1. The van der Waals surface area contributed by atoms with E-state index in [1.54, 1.807) is 122 Å². The number of ether oxygens (including phenoxy) is 5. The highest BCUT2D eigenvalue weighted by molar-refractivity contribution is 5.94. The lowest BCUT2D eigenvalue weighted by Crippen LogP contribution is -2.52. The number of nitrogens with two attached hydrogens (primary N) is 3. The van der Waals surface area contributed by atoms with Gasteiger partial charge in [-0.15, -0.1) is 0 Å². The Kier molecular flexibility index (Phi) is 31.4. The van der Waals surface area contributed by atoms with Gasteiger partial charge in [0.25, 0.3) is 0 Å². The van der Waals surface area contributed by atoms with E-state index in [0.717, 1.165) is 10.5 Å². The topological polar surface area (TPSA) is 333 Å². The molecule has 0 radical (unpaired) electrons. The molecular weight excluding hydrogens is 1270 g/mol. The van der Waals surface area contributed by atoms with Gasteiger partial charge in [0.2, 0.25) is 60.0 Å². The highest BCUT2D eigenvalue weighted by atomic mass is 16.7. The van der Waals surface area contributed by atoms with Crippen LogP contribution in [0.25, 0.3) is 0 Å². The Morgan fingerprint density at radius 3 is 1.58 bits per heavy atom. The van der Waals surface area contributed by atoms with E-state index >= 15 is 4.79 Å². The predicted octanol–water partition coefficient (Wildman–Crippen LogP) is 3.58. The van der Waals surface area contributed by atoms with Crippen molar-refractivity contribution in [1.29, 1.82) is 0 Å². The fraction of sp³-hybridized carbons (Fsp3) is 0.444. The van der Waals surface area contributed by atoms with E-state index in [4.69, 9.17) is 40.9 Å². The van der Waals surface area contributed by atoms with E-state index in [9.17, 15) is 43.2 Å². The number of carbonyl (C=O) groups is 10. The van der Waals surface area contributed by atoms with Crippen LogP contribution in [0.5, 0.6) is 28.7 Å². The van der Waals surface area contributed by atoms with Gasteiger partial charge >= 0.3 is 0 Å². The van der Waals surface area contributed by atoms with Gasteiger partial charge in [-0.3, -0.25) is 47.9 Å². The minimum absolute atomic E-state index is 0.0313. The molecule has 1 atom stereocenters. The first kappa shape index (κ1) is 77.9. The Hall–Kier alpha value is -10.1. The van der Waals surface area contributed by atoms with E-state index in [-0.39, 0.29) is 71.6 Å². The summed E-state index contributed by atoms with van der Waals surface area (Å²) in [4.78, 5) is 151. The minimum Gasteiger partial charge on any atom is -0.496 e. The number of aldehydes is 1. The van der Waals surface area contributed by atoms with Gasteiger partial charge in [-0.1, -0.05) is 92.7 Å². The molecular formula is C72H96N12O15. The fourth-order valence-electron chi connectivity index (χ4n) is 11.0. The molecule has 0 saturated heterocycles. The Labute approximate surface area is 579 Å². The first-order valence-corrected chi connectivity index (χ1v) is 33.0. The second kappa shape index (κ2) is 39.9. The Morgan fingerprint density at radius 2 is 0.990 bits per heavy atom. The van der Waals surface area contributed by atoms with Gasteiger partial charge < -0.3 is 85.4 Å². The van der Waals surface area contributed by atoms with Crippen molar-refractivity contribution in [3.05, 3.63) is 149 Å². The van der Waals surface area contributed by atoms with Crippen LogP contribution in [0.2, 0.25) is 0 Å². The van der Waals surface area contributed by atoms with Gasteiger partial charge in [0.1, 0.15) is 25.4 Å². The molecule has 0 aromatic heterocycles. The number of hydrogen-bond acceptors (Lipinski definition) is 18. The molecule has 27 nitrogen and oxygen atoms in total. The average Bonchev–Trinajstić information content (AvgIpc) is 1.80. The summed E-state index contributed by atoms with van der Waals surface area (Å²) in [7, 11) is 5.83. The normalized spacial score (nSPS) is 11.6. The smallest absolute Gasteiger partial charge is 0.243 e.